The average Bonchev–Trinajstić information content (AvgIpc) is 3.46. The van der Waals surface area contributed by atoms with Crippen molar-refractivity contribution in [1.29, 1.82) is 0 Å². The number of hydrogen-bond donors (Lipinski definition) is 3. The molecule has 3 heterocycles. The molecule has 12 heteroatoms. The fraction of sp³-hybridized carbons (Fsp3) is 0.280. The Hall–Kier alpha value is -4.74. The number of piperazine rings is 1. The molecular formula is C25H26N6O6. The van der Waals surface area contributed by atoms with Gasteiger partial charge in [0.25, 0.3) is 5.91 Å². The number of aromatic nitrogens is 3. The molecule has 0 spiro atoms. The molecule has 3 N–H and O–H groups in total. The number of carboxylic acids is 1. The van der Waals surface area contributed by atoms with Gasteiger partial charge in [0.2, 0.25) is 5.91 Å². The van der Waals surface area contributed by atoms with Gasteiger partial charge in [0.05, 0.1) is 0 Å². The predicted molar refractivity (Wildman–Crippen MR) is 131 cm³/mol. The van der Waals surface area contributed by atoms with Gasteiger partial charge in [-0.2, -0.15) is 5.10 Å². The number of nitrogens with one attached hydrogen (secondary N) is 1. The first-order valence-electron chi connectivity index (χ1n) is 11.7. The summed E-state index contributed by atoms with van der Waals surface area (Å²) in [6.07, 6.45) is 1.75. The van der Waals surface area contributed by atoms with E-state index >= 15 is 0 Å². The van der Waals surface area contributed by atoms with Crippen LogP contribution in [0.1, 0.15) is 23.3 Å². The molecule has 12 nitrogen and oxygen atoms in total. The third-order valence-corrected chi connectivity index (χ3v) is 6.00. The molecule has 1 saturated heterocycles. The number of carboxylic acid groups (broad SMARTS) is 2. The van der Waals surface area contributed by atoms with Crippen molar-refractivity contribution in [2.45, 2.75) is 18.9 Å². The lowest BCUT2D eigenvalue weighted by atomic mass is 10.0. The minimum atomic E-state index is -1.12. The van der Waals surface area contributed by atoms with Gasteiger partial charge >= 0.3 is 12.1 Å². The first-order chi connectivity index (χ1) is 17.8. The number of hydrogen-bond acceptors (Lipinski definition) is 6. The van der Waals surface area contributed by atoms with Crippen molar-refractivity contribution in [3.05, 3.63) is 66.6 Å². The van der Waals surface area contributed by atoms with Gasteiger partial charge in [-0.15, -0.1) is 0 Å². The maximum Gasteiger partial charge on any atom is 0.407 e. The van der Waals surface area contributed by atoms with E-state index in [0.29, 0.717) is 11.4 Å². The van der Waals surface area contributed by atoms with E-state index in [1.807, 2.05) is 30.3 Å². The second kappa shape index (κ2) is 11.3. The standard InChI is InChI=1S/C25H26N6O6/c32-22(33)8-7-19(24(35)29-11-13-30(14-12-29)25(36)37)28-23(34)20-15-18(17-5-2-1-3-6-17)16-21(27-20)31-10-4-9-26-31/h1-6,9-10,15-16,19H,7-8,11-14H2,(H,28,34)(H,32,33)(H,36,37)/t19-/m0/s1. The number of benzene rings is 1. The number of amides is 3. The van der Waals surface area contributed by atoms with Crippen LogP contribution in [0.3, 0.4) is 0 Å². The molecule has 2 aromatic heterocycles. The fourth-order valence-electron chi connectivity index (χ4n) is 4.05. The second-order valence-electron chi connectivity index (χ2n) is 8.47. The van der Waals surface area contributed by atoms with Crippen LogP contribution in [-0.2, 0) is 9.59 Å². The lowest BCUT2D eigenvalue weighted by Crippen LogP contribution is -2.55. The van der Waals surface area contributed by atoms with Crippen LogP contribution in [0.15, 0.2) is 60.9 Å². The Kier molecular flexibility index (Phi) is 7.77. The Morgan fingerprint density at radius 2 is 1.62 bits per heavy atom. The second-order valence-corrected chi connectivity index (χ2v) is 8.47. The molecule has 37 heavy (non-hydrogen) atoms. The van der Waals surface area contributed by atoms with Crippen LogP contribution in [0, 0.1) is 0 Å². The number of aliphatic carboxylic acids is 1. The predicted octanol–water partition coefficient (Wildman–Crippen LogP) is 1.72. The van der Waals surface area contributed by atoms with Crippen LogP contribution in [0.2, 0.25) is 0 Å². The highest BCUT2D eigenvalue weighted by molar-refractivity contribution is 5.97. The summed E-state index contributed by atoms with van der Waals surface area (Å²) in [5, 5.41) is 25.2. The molecule has 1 fully saturated rings. The molecule has 0 saturated carbocycles. The molecule has 4 rings (SSSR count). The third-order valence-electron chi connectivity index (χ3n) is 6.00. The first-order valence-corrected chi connectivity index (χ1v) is 11.7. The van der Waals surface area contributed by atoms with Crippen molar-refractivity contribution in [2.24, 2.45) is 0 Å². The van der Waals surface area contributed by atoms with E-state index in [0.717, 1.165) is 5.56 Å². The lowest BCUT2D eigenvalue weighted by molar-refractivity contribution is -0.138. The molecule has 1 aromatic carbocycles. The van der Waals surface area contributed by atoms with E-state index in [4.69, 9.17) is 5.11 Å². The summed E-state index contributed by atoms with van der Waals surface area (Å²) >= 11 is 0. The maximum absolute atomic E-state index is 13.3. The molecular weight excluding hydrogens is 480 g/mol. The van der Waals surface area contributed by atoms with E-state index in [1.165, 1.54) is 14.5 Å². The summed E-state index contributed by atoms with van der Waals surface area (Å²) < 4.78 is 1.51. The molecule has 0 radical (unpaired) electrons. The Bertz CT molecular complexity index is 1270. The fourth-order valence-corrected chi connectivity index (χ4v) is 4.05. The Balaban J connectivity index is 1.59. The normalized spacial score (nSPS) is 14.2. The van der Waals surface area contributed by atoms with E-state index in [1.54, 1.807) is 30.6 Å². The first kappa shape index (κ1) is 25.4. The smallest absolute Gasteiger partial charge is 0.407 e. The zero-order valence-corrected chi connectivity index (χ0v) is 19.9. The van der Waals surface area contributed by atoms with Crippen molar-refractivity contribution < 1.29 is 29.4 Å². The van der Waals surface area contributed by atoms with Crippen LogP contribution in [-0.4, -0.2) is 90.9 Å². The highest BCUT2D eigenvalue weighted by Crippen LogP contribution is 2.22. The van der Waals surface area contributed by atoms with Crippen LogP contribution in [0.5, 0.6) is 0 Å². The topological polar surface area (TPSA) is 158 Å². The molecule has 0 bridgehead atoms. The molecule has 3 amide bonds. The largest absolute Gasteiger partial charge is 0.481 e. The number of nitrogens with zero attached hydrogens (tertiary/aromatic N) is 5. The SMILES string of the molecule is O=C(O)CC[C@H](NC(=O)c1cc(-c2ccccc2)cc(-n2cccn2)n1)C(=O)N1CCN(C(=O)O)CC1. The number of carbonyl (C=O) groups excluding carboxylic acids is 2. The minimum absolute atomic E-state index is 0.0377. The highest BCUT2D eigenvalue weighted by atomic mass is 16.4. The van der Waals surface area contributed by atoms with Gasteiger partial charge in [0.1, 0.15) is 11.7 Å². The molecule has 1 atom stereocenters. The Morgan fingerprint density at radius 1 is 0.919 bits per heavy atom. The average molecular weight is 507 g/mol. The quantitative estimate of drug-likeness (QED) is 0.417. The number of rotatable bonds is 8. The summed E-state index contributed by atoms with van der Waals surface area (Å²) in [6.45, 7) is 0.564. The zero-order chi connectivity index (χ0) is 26.4. The van der Waals surface area contributed by atoms with Crippen LogP contribution in [0.25, 0.3) is 16.9 Å². The van der Waals surface area contributed by atoms with Crippen molar-refractivity contribution in [3.63, 3.8) is 0 Å². The summed E-state index contributed by atoms with van der Waals surface area (Å²) in [6, 6.07) is 13.4. The summed E-state index contributed by atoms with van der Waals surface area (Å²) in [7, 11) is 0. The van der Waals surface area contributed by atoms with E-state index < -0.39 is 29.9 Å². The monoisotopic (exact) mass is 506 g/mol. The van der Waals surface area contributed by atoms with Gasteiger partial charge in [-0.1, -0.05) is 30.3 Å². The van der Waals surface area contributed by atoms with Gasteiger partial charge in [-0.05, 0) is 35.7 Å². The molecule has 3 aromatic rings. The third kappa shape index (κ3) is 6.28. The van der Waals surface area contributed by atoms with Crippen LogP contribution in [0.4, 0.5) is 4.79 Å². The lowest BCUT2D eigenvalue weighted by Gasteiger charge is -2.35. The van der Waals surface area contributed by atoms with Crippen LogP contribution >= 0.6 is 0 Å². The number of pyridine rings is 1. The summed E-state index contributed by atoms with van der Waals surface area (Å²) in [4.78, 5) is 56.0. The maximum atomic E-state index is 13.3. The van der Waals surface area contributed by atoms with E-state index in [9.17, 15) is 24.3 Å². The van der Waals surface area contributed by atoms with Gasteiger partial charge < -0.3 is 25.3 Å². The molecule has 1 aliphatic rings. The summed E-state index contributed by atoms with van der Waals surface area (Å²) in [5.74, 6) is -1.81. The number of carbonyl (C=O) groups is 4. The summed E-state index contributed by atoms with van der Waals surface area (Å²) in [5.41, 5.74) is 1.60. The van der Waals surface area contributed by atoms with Gasteiger partial charge in [0, 0.05) is 45.0 Å². The zero-order valence-electron chi connectivity index (χ0n) is 19.9. The van der Waals surface area contributed by atoms with Crippen molar-refractivity contribution in [2.75, 3.05) is 26.2 Å². The molecule has 192 valence electrons. The minimum Gasteiger partial charge on any atom is -0.481 e. The molecule has 1 aliphatic heterocycles. The van der Waals surface area contributed by atoms with Crippen molar-refractivity contribution in [1.82, 2.24) is 29.9 Å². The molecule has 0 unspecified atom stereocenters. The van der Waals surface area contributed by atoms with Crippen molar-refractivity contribution in [3.8, 4) is 16.9 Å². The Labute approximate surface area is 212 Å². The van der Waals surface area contributed by atoms with Gasteiger partial charge in [0.15, 0.2) is 5.82 Å². The Morgan fingerprint density at radius 3 is 2.24 bits per heavy atom. The molecule has 0 aliphatic carbocycles. The van der Waals surface area contributed by atoms with E-state index in [-0.39, 0.29) is 44.7 Å². The van der Waals surface area contributed by atoms with E-state index in [2.05, 4.69) is 15.4 Å². The van der Waals surface area contributed by atoms with Gasteiger partial charge in [-0.3, -0.25) is 14.4 Å². The van der Waals surface area contributed by atoms with Crippen LogP contribution < -0.4 is 5.32 Å². The highest BCUT2D eigenvalue weighted by Gasteiger charge is 2.31. The van der Waals surface area contributed by atoms with Gasteiger partial charge in [-0.25, -0.2) is 14.5 Å². The van der Waals surface area contributed by atoms with Crippen molar-refractivity contribution >= 4 is 23.9 Å².